The van der Waals surface area contributed by atoms with Gasteiger partial charge in [0.2, 0.25) is 0 Å². The third-order valence-electron chi connectivity index (χ3n) is 3.99. The van der Waals surface area contributed by atoms with Crippen molar-refractivity contribution in [2.45, 2.75) is 38.1 Å². The first-order valence-electron chi connectivity index (χ1n) is 7.75. The standard InChI is InChI=1S/C16H16BrN3O3S/c17-12-7-6-10(8-13(12)20(22)23)9-14-15(21)19-16(24-14)18-11-4-2-1-3-5-11/h6-9,11H,1-5H2,(H,18,19,21)/b14-9-. The summed E-state index contributed by atoms with van der Waals surface area (Å²) in [6, 6.07) is 5.07. The van der Waals surface area contributed by atoms with E-state index in [1.54, 1.807) is 18.2 Å². The number of thioether (sulfide) groups is 1. The van der Waals surface area contributed by atoms with Crippen molar-refractivity contribution in [3.8, 4) is 0 Å². The zero-order chi connectivity index (χ0) is 17.1. The number of nitro benzene ring substituents is 1. The summed E-state index contributed by atoms with van der Waals surface area (Å²) in [4.78, 5) is 27.8. The molecule has 1 heterocycles. The van der Waals surface area contributed by atoms with Gasteiger partial charge in [-0.1, -0.05) is 25.3 Å². The van der Waals surface area contributed by atoms with Crippen molar-refractivity contribution in [3.63, 3.8) is 0 Å². The molecule has 0 radical (unpaired) electrons. The van der Waals surface area contributed by atoms with Crippen molar-refractivity contribution in [3.05, 3.63) is 43.3 Å². The number of benzene rings is 1. The van der Waals surface area contributed by atoms with Crippen molar-refractivity contribution in [1.82, 2.24) is 5.32 Å². The van der Waals surface area contributed by atoms with E-state index in [9.17, 15) is 14.9 Å². The molecule has 1 aromatic rings. The summed E-state index contributed by atoms with van der Waals surface area (Å²) in [7, 11) is 0. The van der Waals surface area contributed by atoms with Gasteiger partial charge in [0, 0.05) is 6.07 Å². The van der Waals surface area contributed by atoms with E-state index in [-0.39, 0.29) is 17.6 Å². The number of hydrogen-bond donors (Lipinski definition) is 1. The fourth-order valence-electron chi connectivity index (χ4n) is 2.78. The quantitative estimate of drug-likeness (QED) is 0.459. The highest BCUT2D eigenvalue weighted by Gasteiger charge is 2.25. The molecule has 126 valence electrons. The monoisotopic (exact) mass is 409 g/mol. The molecule has 1 saturated carbocycles. The van der Waals surface area contributed by atoms with E-state index in [0.29, 0.717) is 20.1 Å². The van der Waals surface area contributed by atoms with Crippen molar-refractivity contribution in [2.24, 2.45) is 4.99 Å². The van der Waals surface area contributed by atoms with Crippen molar-refractivity contribution in [2.75, 3.05) is 0 Å². The summed E-state index contributed by atoms with van der Waals surface area (Å²) >= 11 is 4.45. The average Bonchev–Trinajstić information content (AvgIpc) is 2.89. The number of nitrogens with zero attached hydrogens (tertiary/aromatic N) is 2. The largest absolute Gasteiger partial charge is 0.301 e. The van der Waals surface area contributed by atoms with E-state index in [4.69, 9.17) is 0 Å². The van der Waals surface area contributed by atoms with Gasteiger partial charge in [0.05, 0.1) is 20.3 Å². The summed E-state index contributed by atoms with van der Waals surface area (Å²) in [5.41, 5.74) is 0.588. The first-order chi connectivity index (χ1) is 11.5. The van der Waals surface area contributed by atoms with Crippen LogP contribution in [0.2, 0.25) is 0 Å². The van der Waals surface area contributed by atoms with Gasteiger partial charge in [-0.25, -0.2) is 0 Å². The molecule has 2 fully saturated rings. The predicted molar refractivity (Wildman–Crippen MR) is 98.8 cm³/mol. The second kappa shape index (κ2) is 7.48. The molecule has 1 amide bonds. The Kier molecular flexibility index (Phi) is 5.35. The first-order valence-corrected chi connectivity index (χ1v) is 9.36. The molecule has 2 aliphatic rings. The van der Waals surface area contributed by atoms with Crippen LogP contribution in [0.25, 0.3) is 6.08 Å². The SMILES string of the molecule is O=C1NC(=NC2CCCCC2)S/C1=C\c1ccc(Br)c([N+](=O)[O-])c1. The lowest BCUT2D eigenvalue weighted by Crippen LogP contribution is -2.22. The highest BCUT2D eigenvalue weighted by molar-refractivity contribution is 9.10. The highest BCUT2D eigenvalue weighted by atomic mass is 79.9. The van der Waals surface area contributed by atoms with Gasteiger partial charge in [-0.05, 0) is 58.2 Å². The lowest BCUT2D eigenvalue weighted by Gasteiger charge is -2.17. The molecule has 24 heavy (non-hydrogen) atoms. The van der Waals surface area contributed by atoms with Crippen LogP contribution in [0.15, 0.2) is 32.6 Å². The van der Waals surface area contributed by atoms with Crippen LogP contribution in [0.1, 0.15) is 37.7 Å². The van der Waals surface area contributed by atoms with Gasteiger partial charge in [-0.15, -0.1) is 0 Å². The molecule has 0 spiro atoms. The van der Waals surface area contributed by atoms with E-state index in [1.807, 2.05) is 0 Å². The molecule has 1 N–H and O–H groups in total. The molecule has 0 unspecified atom stereocenters. The summed E-state index contributed by atoms with van der Waals surface area (Å²) in [6.45, 7) is 0. The Morgan fingerprint density at radius 3 is 2.79 bits per heavy atom. The van der Waals surface area contributed by atoms with Crippen molar-refractivity contribution in [1.29, 1.82) is 0 Å². The maximum Gasteiger partial charge on any atom is 0.284 e. The van der Waals surface area contributed by atoms with E-state index in [0.717, 1.165) is 12.8 Å². The van der Waals surface area contributed by atoms with Crippen LogP contribution in [0.5, 0.6) is 0 Å². The highest BCUT2D eigenvalue weighted by Crippen LogP contribution is 2.31. The van der Waals surface area contributed by atoms with E-state index in [1.165, 1.54) is 37.1 Å². The number of amidine groups is 1. The minimum atomic E-state index is -0.454. The van der Waals surface area contributed by atoms with Crippen LogP contribution in [0.4, 0.5) is 5.69 Å². The molecule has 3 rings (SSSR count). The Bertz CT molecular complexity index is 742. The first kappa shape index (κ1) is 17.2. The fourth-order valence-corrected chi connectivity index (χ4v) is 4.06. The van der Waals surface area contributed by atoms with Crippen LogP contribution >= 0.6 is 27.7 Å². The Morgan fingerprint density at radius 1 is 1.33 bits per heavy atom. The summed E-state index contributed by atoms with van der Waals surface area (Å²) in [5, 5.41) is 14.4. The van der Waals surface area contributed by atoms with Gasteiger partial charge in [0.15, 0.2) is 5.17 Å². The summed E-state index contributed by atoms with van der Waals surface area (Å²) in [6.07, 6.45) is 7.42. The van der Waals surface area contributed by atoms with Gasteiger partial charge in [0.1, 0.15) is 0 Å². The summed E-state index contributed by atoms with van der Waals surface area (Å²) in [5.74, 6) is -0.208. The van der Waals surface area contributed by atoms with Gasteiger partial charge in [-0.3, -0.25) is 19.9 Å². The van der Waals surface area contributed by atoms with Crippen LogP contribution in [-0.4, -0.2) is 22.0 Å². The molecule has 1 aliphatic heterocycles. The number of carbonyl (C=O) groups is 1. The zero-order valence-electron chi connectivity index (χ0n) is 12.8. The molecule has 1 saturated heterocycles. The molecular weight excluding hydrogens is 394 g/mol. The van der Waals surface area contributed by atoms with Crippen LogP contribution in [-0.2, 0) is 4.79 Å². The molecule has 0 atom stereocenters. The maximum atomic E-state index is 12.1. The third kappa shape index (κ3) is 4.05. The Balaban J connectivity index is 1.78. The molecular formula is C16H16BrN3O3S. The Hall–Kier alpha value is -1.67. The lowest BCUT2D eigenvalue weighted by atomic mass is 9.96. The average molecular weight is 410 g/mol. The van der Waals surface area contributed by atoms with Gasteiger partial charge in [0.25, 0.3) is 11.6 Å². The lowest BCUT2D eigenvalue weighted by molar-refractivity contribution is -0.385. The molecule has 8 heteroatoms. The number of nitro groups is 1. The molecule has 0 aromatic heterocycles. The minimum Gasteiger partial charge on any atom is -0.301 e. The number of halogens is 1. The van der Waals surface area contributed by atoms with Crippen LogP contribution in [0.3, 0.4) is 0 Å². The number of hydrogen-bond acceptors (Lipinski definition) is 5. The number of nitrogens with one attached hydrogen (secondary N) is 1. The van der Waals surface area contributed by atoms with Gasteiger partial charge in [-0.2, -0.15) is 0 Å². The maximum absolute atomic E-state index is 12.1. The second-order valence-corrected chi connectivity index (χ2v) is 7.64. The van der Waals surface area contributed by atoms with Crippen molar-refractivity contribution >= 4 is 50.5 Å². The zero-order valence-corrected chi connectivity index (χ0v) is 15.2. The van der Waals surface area contributed by atoms with Gasteiger partial charge < -0.3 is 5.32 Å². The molecule has 6 nitrogen and oxygen atoms in total. The Labute approximate surface area is 152 Å². The second-order valence-electron chi connectivity index (χ2n) is 5.76. The normalized spacial score (nSPS) is 22.1. The predicted octanol–water partition coefficient (Wildman–Crippen LogP) is 4.25. The number of rotatable bonds is 3. The molecule has 1 aliphatic carbocycles. The van der Waals surface area contributed by atoms with E-state index in [2.05, 4.69) is 26.2 Å². The fraction of sp³-hybridized carbons (Fsp3) is 0.375. The smallest absolute Gasteiger partial charge is 0.284 e. The molecule has 0 bridgehead atoms. The topological polar surface area (TPSA) is 84.6 Å². The van der Waals surface area contributed by atoms with E-state index < -0.39 is 4.92 Å². The van der Waals surface area contributed by atoms with E-state index >= 15 is 0 Å². The minimum absolute atomic E-state index is 0.0242. The Morgan fingerprint density at radius 2 is 2.08 bits per heavy atom. The van der Waals surface area contributed by atoms with Crippen molar-refractivity contribution < 1.29 is 9.72 Å². The van der Waals surface area contributed by atoms with Crippen LogP contribution in [0, 0.1) is 10.1 Å². The summed E-state index contributed by atoms with van der Waals surface area (Å²) < 4.78 is 0.415. The van der Waals surface area contributed by atoms with Crippen LogP contribution < -0.4 is 5.32 Å². The number of carbonyl (C=O) groups excluding carboxylic acids is 1. The number of amides is 1. The third-order valence-corrected chi connectivity index (χ3v) is 5.58. The van der Waals surface area contributed by atoms with Gasteiger partial charge >= 0.3 is 0 Å². The molecule has 1 aromatic carbocycles. The number of aliphatic imine (C=N–C) groups is 1.